The minimum absolute atomic E-state index is 0.0181. The van der Waals surface area contributed by atoms with E-state index in [1.807, 2.05) is 6.08 Å². The molecule has 2 unspecified atom stereocenters. The highest BCUT2D eigenvalue weighted by Crippen LogP contribution is 2.17. The molecule has 2 atom stereocenters. The number of carbonyl (C=O) groups is 2. The number of hydrogen-bond donors (Lipinski definition) is 3. The molecule has 0 aromatic rings. The van der Waals surface area contributed by atoms with Crippen LogP contribution in [0.1, 0.15) is 348 Å². The van der Waals surface area contributed by atoms with Gasteiger partial charge in [0.2, 0.25) is 5.91 Å². The number of aliphatic hydroxyl groups is 2. The van der Waals surface area contributed by atoms with Crippen molar-refractivity contribution >= 4 is 11.9 Å². The van der Waals surface area contributed by atoms with Crippen LogP contribution in [-0.2, 0) is 14.3 Å². The minimum atomic E-state index is -0.857. The number of rotatable bonds is 60. The van der Waals surface area contributed by atoms with Crippen molar-refractivity contribution in [2.75, 3.05) is 13.2 Å². The Hall–Kier alpha value is -1.92. The van der Waals surface area contributed by atoms with Crippen molar-refractivity contribution in [3.8, 4) is 0 Å². The first-order valence-corrected chi connectivity index (χ1v) is 32.3. The number of unbranched alkanes of at least 4 members (excludes halogenated alkanes) is 45. The quantitative estimate of drug-likeness (QED) is 0.0320. The smallest absolute Gasteiger partial charge is 0.305 e. The third-order valence-electron chi connectivity index (χ3n) is 14.9. The molecular weight excluding hydrogens is 887 g/mol. The molecule has 1 amide bonds. The first kappa shape index (κ1) is 70.1. The Morgan fingerprint density at radius 3 is 0.986 bits per heavy atom. The Kier molecular flexibility index (Phi) is 60.0. The lowest BCUT2D eigenvalue weighted by atomic mass is 10.0. The average Bonchev–Trinajstić information content (AvgIpc) is 3.38. The minimum Gasteiger partial charge on any atom is -0.466 e. The molecule has 3 N–H and O–H groups in total. The number of hydrogen-bond acceptors (Lipinski definition) is 5. The topological polar surface area (TPSA) is 95.9 Å². The van der Waals surface area contributed by atoms with Crippen molar-refractivity contribution in [1.82, 2.24) is 5.32 Å². The zero-order chi connectivity index (χ0) is 52.2. The standard InChI is InChI=1S/C66H125NO5/c1-3-5-7-9-11-13-15-17-19-21-22-23-24-25-26-27-28-30-34-38-42-46-50-54-58-64(69)63(62-68)67-65(70)59-55-51-47-43-39-35-31-29-33-37-41-45-49-53-57-61-72-66(71)60-56-52-48-44-40-36-32-20-18-16-14-12-10-8-6-4-2/h20,32-33,37,54,58,63-64,68-69H,3-19,21-31,34-36,38-53,55-57,59-62H2,1-2H3,(H,67,70)/b32-20-,37-33-,58-54+. The van der Waals surface area contributed by atoms with Gasteiger partial charge in [-0.3, -0.25) is 9.59 Å². The van der Waals surface area contributed by atoms with Gasteiger partial charge < -0.3 is 20.3 Å². The summed E-state index contributed by atoms with van der Waals surface area (Å²) in [7, 11) is 0. The normalized spacial score (nSPS) is 12.8. The lowest BCUT2D eigenvalue weighted by molar-refractivity contribution is -0.143. The zero-order valence-electron chi connectivity index (χ0n) is 48.4. The van der Waals surface area contributed by atoms with Crippen LogP contribution >= 0.6 is 0 Å². The molecule has 0 heterocycles. The van der Waals surface area contributed by atoms with Gasteiger partial charge >= 0.3 is 5.97 Å². The number of nitrogens with one attached hydrogen (secondary N) is 1. The fourth-order valence-corrected chi connectivity index (χ4v) is 9.92. The highest BCUT2D eigenvalue weighted by atomic mass is 16.5. The molecule has 0 radical (unpaired) electrons. The summed E-state index contributed by atoms with van der Waals surface area (Å²) in [5.41, 5.74) is 0. The van der Waals surface area contributed by atoms with Gasteiger partial charge in [0, 0.05) is 12.8 Å². The molecule has 0 aliphatic rings. The fourth-order valence-electron chi connectivity index (χ4n) is 9.92. The lowest BCUT2D eigenvalue weighted by Gasteiger charge is -2.20. The van der Waals surface area contributed by atoms with Crippen LogP contribution in [0.5, 0.6) is 0 Å². The van der Waals surface area contributed by atoms with Gasteiger partial charge in [0.05, 0.1) is 25.4 Å². The van der Waals surface area contributed by atoms with Gasteiger partial charge in [0.25, 0.3) is 0 Å². The van der Waals surface area contributed by atoms with E-state index in [-0.39, 0.29) is 18.5 Å². The van der Waals surface area contributed by atoms with E-state index in [0.29, 0.717) is 19.4 Å². The largest absolute Gasteiger partial charge is 0.466 e. The van der Waals surface area contributed by atoms with Gasteiger partial charge in [-0.1, -0.05) is 288 Å². The maximum Gasteiger partial charge on any atom is 0.305 e. The lowest BCUT2D eigenvalue weighted by Crippen LogP contribution is -2.45. The van der Waals surface area contributed by atoms with E-state index < -0.39 is 12.1 Å². The molecule has 0 saturated heterocycles. The van der Waals surface area contributed by atoms with Crippen LogP contribution in [0.15, 0.2) is 36.5 Å². The molecule has 0 saturated carbocycles. The fraction of sp³-hybridized carbons (Fsp3) is 0.879. The van der Waals surface area contributed by atoms with Gasteiger partial charge in [0.15, 0.2) is 0 Å². The zero-order valence-corrected chi connectivity index (χ0v) is 48.4. The maximum absolute atomic E-state index is 12.5. The van der Waals surface area contributed by atoms with Crippen molar-refractivity contribution in [2.24, 2.45) is 0 Å². The van der Waals surface area contributed by atoms with Crippen molar-refractivity contribution in [2.45, 2.75) is 360 Å². The van der Waals surface area contributed by atoms with Gasteiger partial charge in [-0.05, 0) is 83.5 Å². The Labute approximate surface area is 449 Å². The van der Waals surface area contributed by atoms with Crippen molar-refractivity contribution in [3.05, 3.63) is 36.5 Å². The summed E-state index contributed by atoms with van der Waals surface area (Å²) in [6.07, 6.45) is 77.6. The van der Waals surface area contributed by atoms with Crippen LogP contribution in [0.25, 0.3) is 0 Å². The third-order valence-corrected chi connectivity index (χ3v) is 14.9. The summed E-state index contributed by atoms with van der Waals surface area (Å²) < 4.78 is 5.47. The molecule has 0 fully saturated rings. The molecule has 0 aromatic heterocycles. The molecule has 6 heteroatoms. The summed E-state index contributed by atoms with van der Waals surface area (Å²) in [6, 6.07) is -0.641. The first-order valence-electron chi connectivity index (χ1n) is 32.3. The SMILES string of the molecule is CCCCCCCCC/C=C\CCCCCCCC(=O)OCCCCCC/C=C\CCCCCCCCCC(=O)NC(CO)C(O)/C=C/CCCCCCCCCCCCCCCCCCCCCCCC. The Bertz CT molecular complexity index is 1170. The number of esters is 1. The molecule has 0 aliphatic carbocycles. The molecule has 0 aromatic carbocycles. The molecule has 0 rings (SSSR count). The molecule has 72 heavy (non-hydrogen) atoms. The molecule has 0 bridgehead atoms. The predicted molar refractivity (Wildman–Crippen MR) is 315 cm³/mol. The van der Waals surface area contributed by atoms with Crippen molar-refractivity contribution in [3.63, 3.8) is 0 Å². The van der Waals surface area contributed by atoms with Crippen molar-refractivity contribution in [1.29, 1.82) is 0 Å². The molecule has 0 aliphatic heterocycles. The molecular formula is C66H125NO5. The number of aliphatic hydroxyl groups excluding tert-OH is 2. The summed E-state index contributed by atoms with van der Waals surface area (Å²) in [5, 5.41) is 23.2. The Morgan fingerprint density at radius 1 is 0.375 bits per heavy atom. The highest BCUT2D eigenvalue weighted by Gasteiger charge is 2.18. The summed E-state index contributed by atoms with van der Waals surface area (Å²) in [4.78, 5) is 24.6. The van der Waals surface area contributed by atoms with E-state index in [2.05, 4.69) is 43.5 Å². The van der Waals surface area contributed by atoms with Crippen LogP contribution in [0.4, 0.5) is 0 Å². The maximum atomic E-state index is 12.5. The molecule has 6 nitrogen and oxygen atoms in total. The monoisotopic (exact) mass is 1010 g/mol. The van der Waals surface area contributed by atoms with E-state index in [1.165, 1.54) is 250 Å². The average molecular weight is 1010 g/mol. The van der Waals surface area contributed by atoms with E-state index in [4.69, 9.17) is 4.74 Å². The van der Waals surface area contributed by atoms with Gasteiger partial charge in [0.1, 0.15) is 0 Å². The molecule has 424 valence electrons. The van der Waals surface area contributed by atoms with Crippen LogP contribution in [-0.4, -0.2) is 47.4 Å². The first-order chi connectivity index (χ1) is 35.5. The number of ether oxygens (including phenoxy) is 1. The van der Waals surface area contributed by atoms with E-state index in [9.17, 15) is 19.8 Å². The van der Waals surface area contributed by atoms with Crippen LogP contribution in [0.2, 0.25) is 0 Å². The molecule has 0 spiro atoms. The predicted octanol–water partition coefficient (Wildman–Crippen LogP) is 20.4. The number of amides is 1. The number of carbonyl (C=O) groups excluding carboxylic acids is 2. The summed E-state index contributed by atoms with van der Waals surface area (Å²) >= 11 is 0. The van der Waals surface area contributed by atoms with Gasteiger partial charge in [-0.15, -0.1) is 0 Å². The van der Waals surface area contributed by atoms with Crippen LogP contribution in [0.3, 0.4) is 0 Å². The van der Waals surface area contributed by atoms with E-state index >= 15 is 0 Å². The second-order valence-corrected chi connectivity index (χ2v) is 22.1. The van der Waals surface area contributed by atoms with E-state index in [0.717, 1.165) is 70.6 Å². The van der Waals surface area contributed by atoms with E-state index in [1.54, 1.807) is 6.08 Å². The van der Waals surface area contributed by atoms with Crippen molar-refractivity contribution < 1.29 is 24.5 Å². The second-order valence-electron chi connectivity index (χ2n) is 22.1. The second kappa shape index (κ2) is 61.6. The number of allylic oxidation sites excluding steroid dienone is 5. The third kappa shape index (κ3) is 57.4. The summed E-state index contributed by atoms with van der Waals surface area (Å²) in [6.45, 7) is 4.89. The van der Waals surface area contributed by atoms with Gasteiger partial charge in [-0.2, -0.15) is 0 Å². The Morgan fingerprint density at radius 2 is 0.653 bits per heavy atom. The van der Waals surface area contributed by atoms with Crippen LogP contribution in [0, 0.1) is 0 Å². The summed E-state index contributed by atoms with van der Waals surface area (Å²) in [5.74, 6) is -0.0985. The van der Waals surface area contributed by atoms with Gasteiger partial charge in [-0.25, -0.2) is 0 Å². The van der Waals surface area contributed by atoms with Crippen LogP contribution < -0.4 is 5.32 Å². The highest BCUT2D eigenvalue weighted by molar-refractivity contribution is 5.76. The Balaban J connectivity index is 3.50.